The summed E-state index contributed by atoms with van der Waals surface area (Å²) in [5.41, 5.74) is 1.73. The summed E-state index contributed by atoms with van der Waals surface area (Å²) in [6.45, 7) is 0.506. The molecule has 0 fully saturated rings. The molecule has 0 saturated heterocycles. The zero-order chi connectivity index (χ0) is 13.0. The van der Waals surface area contributed by atoms with Crippen LogP contribution in [0, 0.1) is 0 Å². The van der Waals surface area contributed by atoms with Gasteiger partial charge < -0.3 is 14.3 Å². The Balaban J connectivity index is 2.14. The summed E-state index contributed by atoms with van der Waals surface area (Å²) >= 11 is 0. The van der Waals surface area contributed by atoms with Crippen LogP contribution < -0.4 is 5.76 Å². The Morgan fingerprint density at radius 1 is 1.33 bits per heavy atom. The molecule has 0 spiro atoms. The van der Waals surface area contributed by atoms with Gasteiger partial charge in [-0.05, 0) is 11.1 Å². The van der Waals surface area contributed by atoms with Gasteiger partial charge >= 0.3 is 5.76 Å². The summed E-state index contributed by atoms with van der Waals surface area (Å²) < 4.78 is 11.0. The molecule has 0 amide bonds. The first-order valence-electron chi connectivity index (χ1n) is 5.47. The third kappa shape index (κ3) is 2.85. The Morgan fingerprint density at radius 2 is 2.00 bits per heavy atom. The molecule has 1 aromatic carbocycles. The lowest BCUT2D eigenvalue weighted by molar-refractivity contribution is 0.158. The normalized spacial score (nSPS) is 10.8. The van der Waals surface area contributed by atoms with Crippen LogP contribution in [-0.2, 0) is 24.5 Å². The zero-order valence-corrected chi connectivity index (χ0v) is 10.00. The highest BCUT2D eigenvalue weighted by Crippen LogP contribution is 2.05. The number of ether oxygens (including phenoxy) is 1. The molecule has 2 aromatic rings. The summed E-state index contributed by atoms with van der Waals surface area (Å²) in [7, 11) is 1.51. The maximum absolute atomic E-state index is 11.5. The third-order valence-corrected chi connectivity index (χ3v) is 2.45. The molecule has 0 saturated carbocycles. The Bertz CT molecular complexity index is 556. The molecule has 96 valence electrons. The molecule has 1 N–H and O–H groups in total. The van der Waals surface area contributed by atoms with Gasteiger partial charge in [-0.3, -0.25) is 0 Å². The first kappa shape index (κ1) is 12.5. The minimum absolute atomic E-state index is 0.00216. The van der Waals surface area contributed by atoms with E-state index >= 15 is 0 Å². The smallest absolute Gasteiger partial charge is 0.392 e. The largest absolute Gasteiger partial charge is 0.437 e. The first-order chi connectivity index (χ1) is 8.72. The zero-order valence-electron chi connectivity index (χ0n) is 10.00. The van der Waals surface area contributed by atoms with Crippen molar-refractivity contribution in [1.82, 2.24) is 9.78 Å². The number of methoxy groups -OCH3 is 1. The number of hydrogen-bond acceptors (Lipinski definition) is 5. The Hall–Kier alpha value is -1.92. The van der Waals surface area contributed by atoms with Gasteiger partial charge in [-0.25, -0.2) is 4.79 Å². The molecule has 0 bridgehead atoms. The second-order valence-electron chi connectivity index (χ2n) is 3.83. The predicted octanol–water partition coefficient (Wildman–Crippen LogP) is 0.523. The van der Waals surface area contributed by atoms with Gasteiger partial charge in [0.15, 0.2) is 0 Å². The summed E-state index contributed by atoms with van der Waals surface area (Å²) in [6.07, 6.45) is 0. The Labute approximate surface area is 103 Å². The van der Waals surface area contributed by atoms with Crippen LogP contribution in [0.4, 0.5) is 0 Å². The van der Waals surface area contributed by atoms with E-state index in [1.807, 2.05) is 12.1 Å². The van der Waals surface area contributed by atoms with Crippen molar-refractivity contribution in [3.63, 3.8) is 0 Å². The van der Waals surface area contributed by atoms with E-state index in [1.54, 1.807) is 12.1 Å². The van der Waals surface area contributed by atoms with Crippen molar-refractivity contribution >= 4 is 0 Å². The van der Waals surface area contributed by atoms with Crippen molar-refractivity contribution in [3.05, 3.63) is 51.8 Å². The summed E-state index contributed by atoms with van der Waals surface area (Å²) in [5.74, 6) is -0.247. The fraction of sp³-hybridized carbons (Fsp3) is 0.333. The molecule has 6 heteroatoms. The SMILES string of the molecule is COCc1nn(Cc2ccc(CO)cc2)c(=O)o1. The lowest BCUT2D eigenvalue weighted by Gasteiger charge is -2.01. The molecule has 2 rings (SSSR count). The number of hydrogen-bond donors (Lipinski definition) is 1. The number of benzene rings is 1. The van der Waals surface area contributed by atoms with Crippen LogP contribution >= 0.6 is 0 Å². The highest BCUT2D eigenvalue weighted by Gasteiger charge is 2.07. The topological polar surface area (TPSA) is 77.5 Å². The summed E-state index contributed by atoms with van der Waals surface area (Å²) in [6, 6.07) is 7.28. The number of rotatable bonds is 5. The van der Waals surface area contributed by atoms with Gasteiger partial charge in [-0.15, -0.1) is 5.10 Å². The molecule has 0 atom stereocenters. The standard InChI is InChI=1S/C12H14N2O4/c1-17-8-11-13-14(12(16)18-11)6-9-2-4-10(7-15)5-3-9/h2-5,15H,6-8H2,1H3. The van der Waals surface area contributed by atoms with Gasteiger partial charge in [0.1, 0.15) is 6.61 Å². The van der Waals surface area contributed by atoms with Gasteiger partial charge in [0.25, 0.3) is 0 Å². The molecular weight excluding hydrogens is 236 g/mol. The monoisotopic (exact) mass is 250 g/mol. The molecule has 0 radical (unpaired) electrons. The molecule has 0 aliphatic heterocycles. The van der Waals surface area contributed by atoms with Crippen LogP contribution in [0.2, 0.25) is 0 Å². The molecule has 0 unspecified atom stereocenters. The highest BCUT2D eigenvalue weighted by molar-refractivity contribution is 5.21. The van der Waals surface area contributed by atoms with E-state index < -0.39 is 5.76 Å². The van der Waals surface area contributed by atoms with Gasteiger partial charge in [0, 0.05) is 7.11 Å². The Morgan fingerprint density at radius 3 is 2.61 bits per heavy atom. The highest BCUT2D eigenvalue weighted by atomic mass is 16.5. The van der Waals surface area contributed by atoms with Crippen molar-refractivity contribution in [1.29, 1.82) is 0 Å². The van der Waals surface area contributed by atoms with Crippen LogP contribution in [0.5, 0.6) is 0 Å². The molecule has 0 aliphatic rings. The molecule has 1 heterocycles. The predicted molar refractivity (Wildman–Crippen MR) is 62.9 cm³/mol. The van der Waals surface area contributed by atoms with Crippen molar-refractivity contribution in [2.24, 2.45) is 0 Å². The lowest BCUT2D eigenvalue weighted by Crippen LogP contribution is -2.16. The molecule has 0 aliphatic carbocycles. The Kier molecular flexibility index (Phi) is 3.91. The van der Waals surface area contributed by atoms with Crippen molar-refractivity contribution in [2.45, 2.75) is 19.8 Å². The van der Waals surface area contributed by atoms with Crippen LogP contribution in [0.1, 0.15) is 17.0 Å². The number of nitrogens with zero attached hydrogens (tertiary/aromatic N) is 2. The maximum atomic E-state index is 11.5. The van der Waals surface area contributed by atoms with Gasteiger partial charge in [-0.1, -0.05) is 24.3 Å². The van der Waals surface area contributed by atoms with Crippen molar-refractivity contribution in [3.8, 4) is 0 Å². The first-order valence-corrected chi connectivity index (χ1v) is 5.47. The van der Waals surface area contributed by atoms with Crippen LogP contribution in [-0.4, -0.2) is 22.0 Å². The van der Waals surface area contributed by atoms with E-state index in [4.69, 9.17) is 14.3 Å². The van der Waals surface area contributed by atoms with Crippen molar-refractivity contribution < 1.29 is 14.3 Å². The number of aliphatic hydroxyl groups is 1. The maximum Gasteiger partial charge on any atom is 0.437 e. The van der Waals surface area contributed by atoms with Crippen LogP contribution in [0.25, 0.3) is 0 Å². The van der Waals surface area contributed by atoms with E-state index in [1.165, 1.54) is 11.8 Å². The van der Waals surface area contributed by atoms with E-state index in [0.717, 1.165) is 11.1 Å². The third-order valence-electron chi connectivity index (χ3n) is 2.45. The fourth-order valence-electron chi connectivity index (χ4n) is 1.55. The molecule has 6 nitrogen and oxygen atoms in total. The lowest BCUT2D eigenvalue weighted by atomic mass is 10.1. The molecule has 18 heavy (non-hydrogen) atoms. The second-order valence-corrected chi connectivity index (χ2v) is 3.83. The van der Waals surface area contributed by atoms with Gasteiger partial charge in [0.2, 0.25) is 5.89 Å². The molecule has 1 aromatic heterocycles. The van der Waals surface area contributed by atoms with Gasteiger partial charge in [0.05, 0.1) is 13.2 Å². The quantitative estimate of drug-likeness (QED) is 0.837. The number of aromatic nitrogens is 2. The minimum Gasteiger partial charge on any atom is -0.392 e. The van der Waals surface area contributed by atoms with Crippen LogP contribution in [0.3, 0.4) is 0 Å². The second kappa shape index (κ2) is 5.61. The van der Waals surface area contributed by atoms with Gasteiger partial charge in [-0.2, -0.15) is 4.68 Å². The number of aliphatic hydroxyl groups excluding tert-OH is 1. The summed E-state index contributed by atoms with van der Waals surface area (Å²) in [5, 5.41) is 12.9. The average molecular weight is 250 g/mol. The van der Waals surface area contributed by atoms with Crippen LogP contribution in [0.15, 0.2) is 33.5 Å². The summed E-state index contributed by atoms with van der Waals surface area (Å²) in [4.78, 5) is 11.5. The average Bonchev–Trinajstić information content (AvgIpc) is 2.71. The van der Waals surface area contributed by atoms with Crippen molar-refractivity contribution in [2.75, 3.05) is 7.11 Å². The fourth-order valence-corrected chi connectivity index (χ4v) is 1.55. The molecular formula is C12H14N2O4. The van der Waals surface area contributed by atoms with E-state index in [9.17, 15) is 4.79 Å². The van der Waals surface area contributed by atoms with E-state index in [2.05, 4.69) is 5.10 Å². The minimum atomic E-state index is -0.506. The van der Waals surface area contributed by atoms with E-state index in [0.29, 0.717) is 6.54 Å². The van der Waals surface area contributed by atoms with E-state index in [-0.39, 0.29) is 19.1 Å².